The summed E-state index contributed by atoms with van der Waals surface area (Å²) in [4.78, 5) is 29.1. The van der Waals surface area contributed by atoms with Gasteiger partial charge in [-0.15, -0.1) is 11.3 Å². The Labute approximate surface area is 119 Å². The minimum absolute atomic E-state index is 0.111. The number of hydrogen-bond acceptors (Lipinski definition) is 5. The van der Waals surface area contributed by atoms with E-state index in [4.69, 9.17) is 5.11 Å². The highest BCUT2D eigenvalue weighted by atomic mass is 32.1. The van der Waals surface area contributed by atoms with Crippen molar-refractivity contribution in [3.63, 3.8) is 0 Å². The van der Waals surface area contributed by atoms with E-state index >= 15 is 0 Å². The number of nitrogens with one attached hydrogen (secondary N) is 1. The van der Waals surface area contributed by atoms with Crippen LogP contribution in [0.2, 0.25) is 0 Å². The van der Waals surface area contributed by atoms with Gasteiger partial charge in [-0.25, -0.2) is 9.78 Å². The fourth-order valence-electron chi connectivity index (χ4n) is 1.57. The molecule has 0 aliphatic rings. The lowest BCUT2D eigenvalue weighted by Crippen LogP contribution is -2.16. The Morgan fingerprint density at radius 2 is 2.10 bits per heavy atom. The predicted molar refractivity (Wildman–Crippen MR) is 77.8 cm³/mol. The van der Waals surface area contributed by atoms with Crippen LogP contribution in [0.1, 0.15) is 20.0 Å². The van der Waals surface area contributed by atoms with Crippen molar-refractivity contribution in [2.24, 2.45) is 0 Å². The highest BCUT2D eigenvalue weighted by Gasteiger charge is 2.15. The third-order valence-electron chi connectivity index (χ3n) is 2.57. The van der Waals surface area contributed by atoms with Crippen molar-refractivity contribution in [2.75, 3.05) is 24.3 Å². The summed E-state index contributed by atoms with van der Waals surface area (Å²) in [5, 5.41) is 13.2. The van der Waals surface area contributed by atoms with E-state index in [1.54, 1.807) is 28.5 Å². The zero-order valence-electron chi connectivity index (χ0n) is 11.0. The topological polar surface area (TPSA) is 82.5 Å². The molecule has 0 unspecified atom stereocenters. The van der Waals surface area contributed by atoms with Crippen LogP contribution in [-0.4, -0.2) is 36.1 Å². The molecule has 0 saturated carbocycles. The molecule has 0 aliphatic carbocycles. The molecule has 0 spiro atoms. The van der Waals surface area contributed by atoms with Crippen molar-refractivity contribution in [1.29, 1.82) is 0 Å². The number of nitrogens with zero attached hydrogens (tertiary/aromatic N) is 2. The molecule has 0 aromatic carbocycles. The summed E-state index contributed by atoms with van der Waals surface area (Å²) in [5.41, 5.74) is 0.724. The van der Waals surface area contributed by atoms with Crippen LogP contribution in [0.5, 0.6) is 0 Å². The molecular formula is C13H13N3O3S. The Hall–Kier alpha value is -2.41. The Bertz CT molecular complexity index is 652. The highest BCUT2D eigenvalue weighted by molar-refractivity contribution is 7.12. The van der Waals surface area contributed by atoms with Crippen molar-refractivity contribution in [2.45, 2.75) is 0 Å². The van der Waals surface area contributed by atoms with Crippen molar-refractivity contribution in [3.8, 4) is 0 Å². The molecule has 20 heavy (non-hydrogen) atoms. The van der Waals surface area contributed by atoms with E-state index in [0.29, 0.717) is 17.1 Å². The number of anilines is 2. The number of hydrogen-bond donors (Lipinski definition) is 2. The molecule has 1 amide bonds. The molecule has 2 rings (SSSR count). The van der Waals surface area contributed by atoms with Crippen LogP contribution in [-0.2, 0) is 0 Å². The number of aromatic carboxylic acids is 1. The van der Waals surface area contributed by atoms with Gasteiger partial charge in [0.05, 0.1) is 5.69 Å². The Morgan fingerprint density at radius 1 is 1.35 bits per heavy atom. The van der Waals surface area contributed by atoms with Crippen molar-refractivity contribution < 1.29 is 14.7 Å². The largest absolute Gasteiger partial charge is 0.477 e. The Balaban J connectivity index is 2.22. The first-order valence-corrected chi connectivity index (χ1v) is 6.62. The molecule has 0 atom stereocenters. The molecule has 104 valence electrons. The standard InChI is InChI=1S/C13H13N3O3S/c1-16(2)10-7-8(3-5-14-10)12(17)15-9-4-6-20-11(9)13(18)19/h3-7H,1-2H3,(H,15,17)(H,18,19). The molecule has 0 bridgehead atoms. The minimum Gasteiger partial charge on any atom is -0.477 e. The second-order valence-electron chi connectivity index (χ2n) is 4.22. The molecule has 2 heterocycles. The summed E-state index contributed by atoms with van der Waals surface area (Å²) >= 11 is 1.07. The zero-order chi connectivity index (χ0) is 14.7. The van der Waals surface area contributed by atoms with Gasteiger partial charge in [-0.3, -0.25) is 4.79 Å². The van der Waals surface area contributed by atoms with Crippen molar-refractivity contribution in [1.82, 2.24) is 4.98 Å². The number of amides is 1. The molecule has 0 radical (unpaired) electrons. The highest BCUT2D eigenvalue weighted by Crippen LogP contribution is 2.23. The second-order valence-corrected chi connectivity index (χ2v) is 5.14. The number of thiophene rings is 1. The summed E-state index contributed by atoms with van der Waals surface area (Å²) in [6, 6.07) is 4.79. The SMILES string of the molecule is CN(C)c1cc(C(=O)Nc2ccsc2C(=O)O)ccn1. The van der Waals surface area contributed by atoms with Gasteiger partial charge < -0.3 is 15.3 Å². The van der Waals surface area contributed by atoms with Crippen LogP contribution in [0.25, 0.3) is 0 Å². The third-order valence-corrected chi connectivity index (χ3v) is 3.48. The molecule has 0 saturated heterocycles. The van der Waals surface area contributed by atoms with Crippen LogP contribution < -0.4 is 10.2 Å². The molecule has 2 aromatic heterocycles. The van der Waals surface area contributed by atoms with Crippen LogP contribution in [0.4, 0.5) is 11.5 Å². The van der Waals surface area contributed by atoms with E-state index in [-0.39, 0.29) is 10.8 Å². The number of rotatable bonds is 4. The number of pyridine rings is 1. The maximum atomic E-state index is 12.1. The van der Waals surface area contributed by atoms with Gasteiger partial charge in [0.25, 0.3) is 5.91 Å². The fourth-order valence-corrected chi connectivity index (χ4v) is 2.26. The summed E-state index contributed by atoms with van der Waals surface area (Å²) in [6.45, 7) is 0. The van der Waals surface area contributed by atoms with Crippen LogP contribution in [0.3, 0.4) is 0 Å². The number of carboxylic acid groups (broad SMARTS) is 1. The van der Waals surface area contributed by atoms with Gasteiger partial charge in [-0.1, -0.05) is 0 Å². The lowest BCUT2D eigenvalue weighted by atomic mass is 10.2. The van der Waals surface area contributed by atoms with E-state index in [2.05, 4.69) is 10.3 Å². The Morgan fingerprint density at radius 3 is 2.75 bits per heavy atom. The zero-order valence-corrected chi connectivity index (χ0v) is 11.8. The van der Waals surface area contributed by atoms with Gasteiger partial charge in [-0.05, 0) is 23.6 Å². The average Bonchev–Trinajstić information content (AvgIpc) is 2.87. The quantitative estimate of drug-likeness (QED) is 0.902. The maximum Gasteiger partial charge on any atom is 0.348 e. The van der Waals surface area contributed by atoms with Gasteiger partial charge in [0.2, 0.25) is 0 Å². The minimum atomic E-state index is -1.06. The van der Waals surface area contributed by atoms with E-state index in [9.17, 15) is 9.59 Å². The van der Waals surface area contributed by atoms with Gasteiger partial charge in [0, 0.05) is 25.9 Å². The molecular weight excluding hydrogens is 278 g/mol. The average molecular weight is 291 g/mol. The van der Waals surface area contributed by atoms with Gasteiger partial charge in [-0.2, -0.15) is 0 Å². The number of aromatic nitrogens is 1. The molecule has 0 aliphatic heterocycles. The van der Waals surface area contributed by atoms with Gasteiger partial charge in [0.15, 0.2) is 0 Å². The van der Waals surface area contributed by atoms with Gasteiger partial charge in [0.1, 0.15) is 10.7 Å². The lowest BCUT2D eigenvalue weighted by Gasteiger charge is -2.12. The first-order chi connectivity index (χ1) is 9.49. The van der Waals surface area contributed by atoms with Gasteiger partial charge >= 0.3 is 5.97 Å². The smallest absolute Gasteiger partial charge is 0.348 e. The first-order valence-electron chi connectivity index (χ1n) is 5.74. The van der Waals surface area contributed by atoms with Crippen LogP contribution in [0, 0.1) is 0 Å². The Kier molecular flexibility index (Phi) is 3.99. The number of carbonyl (C=O) groups is 2. The normalized spacial score (nSPS) is 10.1. The molecule has 2 N–H and O–H groups in total. The second kappa shape index (κ2) is 5.70. The molecule has 7 heteroatoms. The number of carboxylic acids is 1. The predicted octanol–water partition coefficient (Wildman–Crippen LogP) is 2.16. The monoisotopic (exact) mass is 291 g/mol. The van der Waals surface area contributed by atoms with Crippen LogP contribution in [0.15, 0.2) is 29.8 Å². The van der Waals surface area contributed by atoms with E-state index in [1.165, 1.54) is 6.20 Å². The summed E-state index contributed by atoms with van der Waals surface area (Å²) in [7, 11) is 3.65. The molecule has 6 nitrogen and oxygen atoms in total. The summed E-state index contributed by atoms with van der Waals surface area (Å²) in [6.07, 6.45) is 1.54. The lowest BCUT2D eigenvalue weighted by molar-refractivity contribution is 0.0703. The first kappa shape index (κ1) is 14.0. The van der Waals surface area contributed by atoms with Crippen molar-refractivity contribution in [3.05, 3.63) is 40.2 Å². The molecule has 2 aromatic rings. The van der Waals surface area contributed by atoms with E-state index in [0.717, 1.165) is 11.3 Å². The summed E-state index contributed by atoms with van der Waals surface area (Å²) < 4.78 is 0. The number of carbonyl (C=O) groups excluding carboxylic acids is 1. The van der Waals surface area contributed by atoms with Crippen molar-refractivity contribution >= 4 is 34.7 Å². The van der Waals surface area contributed by atoms with Crippen LogP contribution >= 0.6 is 11.3 Å². The van der Waals surface area contributed by atoms with E-state index in [1.807, 2.05) is 14.1 Å². The third kappa shape index (κ3) is 2.94. The maximum absolute atomic E-state index is 12.1. The molecule has 0 fully saturated rings. The fraction of sp³-hybridized carbons (Fsp3) is 0.154. The summed E-state index contributed by atoms with van der Waals surface area (Å²) in [5.74, 6) is -0.767. The van der Waals surface area contributed by atoms with E-state index < -0.39 is 5.97 Å².